The Hall–Kier alpha value is -2.89. The number of nitrogens with zero attached hydrogens (tertiary/aromatic N) is 3. The van der Waals surface area contributed by atoms with Gasteiger partial charge in [0.2, 0.25) is 5.88 Å². The summed E-state index contributed by atoms with van der Waals surface area (Å²) in [7, 11) is 0. The lowest BCUT2D eigenvalue weighted by molar-refractivity contribution is 0.462. The van der Waals surface area contributed by atoms with Crippen molar-refractivity contribution in [2.75, 3.05) is 5.73 Å². The minimum absolute atomic E-state index is 0.433. The Bertz CT molecular complexity index is 765. The number of aromatic amines is 1. The predicted octanol–water partition coefficient (Wildman–Crippen LogP) is 2.46. The Morgan fingerprint density at radius 1 is 1.30 bits per heavy atom. The van der Waals surface area contributed by atoms with Crippen molar-refractivity contribution in [2.24, 2.45) is 0 Å². The van der Waals surface area contributed by atoms with Gasteiger partial charge in [0.15, 0.2) is 5.65 Å². The van der Waals surface area contributed by atoms with E-state index in [9.17, 15) is 0 Å². The molecular weight excluding hydrogens is 254 g/mol. The molecule has 0 aliphatic carbocycles. The third-order valence-electron chi connectivity index (χ3n) is 2.84. The van der Waals surface area contributed by atoms with Crippen LogP contribution in [-0.4, -0.2) is 19.9 Å². The highest BCUT2D eigenvalue weighted by molar-refractivity contribution is 5.75. The standard InChI is InChI=1S/C14H13N5O/c1-2-3-9-6-10(15)4-5-11(9)20-14-12-13(17-7-16-12)18-8-19-14/h2,4-8H,1,3,15H2,(H,16,17,18,19). The molecule has 3 aromatic rings. The summed E-state index contributed by atoms with van der Waals surface area (Å²) in [5.74, 6) is 1.12. The summed E-state index contributed by atoms with van der Waals surface area (Å²) in [6.45, 7) is 3.74. The molecule has 0 saturated carbocycles. The van der Waals surface area contributed by atoms with Gasteiger partial charge in [0.25, 0.3) is 0 Å². The number of ether oxygens (including phenoxy) is 1. The molecule has 2 heterocycles. The van der Waals surface area contributed by atoms with Gasteiger partial charge in [-0.2, -0.15) is 4.98 Å². The van der Waals surface area contributed by atoms with Crippen molar-refractivity contribution in [1.82, 2.24) is 19.9 Å². The fourth-order valence-electron chi connectivity index (χ4n) is 1.94. The number of fused-ring (bicyclic) bond motifs is 1. The number of benzene rings is 1. The molecule has 0 fully saturated rings. The normalized spacial score (nSPS) is 10.6. The molecule has 0 bridgehead atoms. The average molecular weight is 267 g/mol. The van der Waals surface area contributed by atoms with Crippen LogP contribution in [0, 0.1) is 0 Å². The average Bonchev–Trinajstić information content (AvgIpc) is 2.91. The van der Waals surface area contributed by atoms with Crippen LogP contribution >= 0.6 is 0 Å². The van der Waals surface area contributed by atoms with Gasteiger partial charge in [-0.15, -0.1) is 6.58 Å². The van der Waals surface area contributed by atoms with Crippen LogP contribution in [0.2, 0.25) is 0 Å². The second-order valence-corrected chi connectivity index (χ2v) is 4.24. The summed E-state index contributed by atoms with van der Waals surface area (Å²) < 4.78 is 5.86. The quantitative estimate of drug-likeness (QED) is 0.559. The molecule has 3 N–H and O–H groups in total. The first-order valence-corrected chi connectivity index (χ1v) is 6.09. The minimum atomic E-state index is 0.433. The Kier molecular flexibility index (Phi) is 3.04. The van der Waals surface area contributed by atoms with Crippen LogP contribution in [0.5, 0.6) is 11.6 Å². The van der Waals surface area contributed by atoms with Crippen LogP contribution in [0.1, 0.15) is 5.56 Å². The molecule has 6 nitrogen and oxygen atoms in total. The molecule has 0 atom stereocenters. The van der Waals surface area contributed by atoms with Crippen LogP contribution in [0.4, 0.5) is 5.69 Å². The Morgan fingerprint density at radius 3 is 3.05 bits per heavy atom. The number of aromatic nitrogens is 4. The fourth-order valence-corrected chi connectivity index (χ4v) is 1.94. The molecule has 100 valence electrons. The Balaban J connectivity index is 2.02. The molecule has 0 radical (unpaired) electrons. The van der Waals surface area contributed by atoms with Gasteiger partial charge in [-0.25, -0.2) is 9.97 Å². The van der Waals surface area contributed by atoms with Gasteiger partial charge < -0.3 is 15.5 Å². The summed E-state index contributed by atoms with van der Waals surface area (Å²) in [4.78, 5) is 15.2. The van der Waals surface area contributed by atoms with E-state index in [2.05, 4.69) is 26.5 Å². The lowest BCUT2D eigenvalue weighted by Crippen LogP contribution is -1.96. The summed E-state index contributed by atoms with van der Waals surface area (Å²) in [6.07, 6.45) is 5.44. The SMILES string of the molecule is C=CCc1cc(N)ccc1Oc1ncnc2nc[nH]c12. The molecular formula is C14H13N5O. The maximum Gasteiger partial charge on any atom is 0.248 e. The third kappa shape index (κ3) is 2.18. The first-order chi connectivity index (χ1) is 9.78. The number of rotatable bonds is 4. The molecule has 0 aliphatic heterocycles. The predicted molar refractivity (Wildman–Crippen MR) is 76.5 cm³/mol. The summed E-state index contributed by atoms with van der Waals surface area (Å²) in [5, 5.41) is 0. The zero-order chi connectivity index (χ0) is 13.9. The Morgan fingerprint density at radius 2 is 2.20 bits per heavy atom. The van der Waals surface area contributed by atoms with Crippen molar-refractivity contribution >= 4 is 16.9 Å². The highest BCUT2D eigenvalue weighted by Crippen LogP contribution is 2.29. The van der Waals surface area contributed by atoms with Gasteiger partial charge in [0.1, 0.15) is 17.6 Å². The van der Waals surface area contributed by atoms with Crippen LogP contribution in [0.3, 0.4) is 0 Å². The summed E-state index contributed by atoms with van der Waals surface area (Å²) in [6, 6.07) is 5.47. The molecule has 0 aliphatic rings. The molecule has 0 amide bonds. The number of nitrogens with two attached hydrogens (primary N) is 1. The number of nitrogen functional groups attached to an aromatic ring is 1. The van der Waals surface area contributed by atoms with Crippen LogP contribution in [0.25, 0.3) is 11.2 Å². The molecule has 0 saturated heterocycles. The first kappa shape index (κ1) is 12.2. The number of hydrogen-bond acceptors (Lipinski definition) is 5. The molecule has 2 aromatic heterocycles. The largest absolute Gasteiger partial charge is 0.437 e. The van der Waals surface area contributed by atoms with E-state index in [4.69, 9.17) is 10.5 Å². The molecule has 6 heteroatoms. The van der Waals surface area contributed by atoms with Gasteiger partial charge >= 0.3 is 0 Å². The maximum absolute atomic E-state index is 5.86. The number of allylic oxidation sites excluding steroid dienone is 1. The lowest BCUT2D eigenvalue weighted by atomic mass is 10.1. The van der Waals surface area contributed by atoms with Crippen LogP contribution in [-0.2, 0) is 6.42 Å². The highest BCUT2D eigenvalue weighted by atomic mass is 16.5. The molecule has 0 unspecified atom stereocenters. The van der Waals surface area contributed by atoms with Crippen LogP contribution < -0.4 is 10.5 Å². The smallest absolute Gasteiger partial charge is 0.248 e. The second kappa shape index (κ2) is 5.00. The highest BCUT2D eigenvalue weighted by Gasteiger charge is 2.10. The molecule has 20 heavy (non-hydrogen) atoms. The van der Waals surface area contributed by atoms with E-state index < -0.39 is 0 Å². The zero-order valence-electron chi connectivity index (χ0n) is 10.7. The van der Waals surface area contributed by atoms with Crippen molar-refractivity contribution in [1.29, 1.82) is 0 Å². The van der Waals surface area contributed by atoms with E-state index in [1.165, 1.54) is 6.33 Å². The number of anilines is 1. The van der Waals surface area contributed by atoms with Crippen molar-refractivity contribution in [3.05, 3.63) is 49.1 Å². The van der Waals surface area contributed by atoms with E-state index in [1.807, 2.05) is 12.1 Å². The van der Waals surface area contributed by atoms with E-state index >= 15 is 0 Å². The molecule has 1 aromatic carbocycles. The molecule has 0 spiro atoms. The van der Waals surface area contributed by atoms with Crippen LogP contribution in [0.15, 0.2) is 43.5 Å². The Labute approximate surface area is 115 Å². The van der Waals surface area contributed by atoms with E-state index in [0.717, 1.165) is 5.56 Å². The third-order valence-corrected chi connectivity index (χ3v) is 2.84. The van der Waals surface area contributed by atoms with Gasteiger partial charge in [-0.1, -0.05) is 6.08 Å². The van der Waals surface area contributed by atoms with Gasteiger partial charge in [0, 0.05) is 11.3 Å². The van der Waals surface area contributed by atoms with Gasteiger partial charge in [-0.3, -0.25) is 0 Å². The van der Waals surface area contributed by atoms with Crippen molar-refractivity contribution in [3.8, 4) is 11.6 Å². The van der Waals surface area contributed by atoms with E-state index in [0.29, 0.717) is 34.9 Å². The number of hydrogen-bond donors (Lipinski definition) is 2. The minimum Gasteiger partial charge on any atom is -0.437 e. The van der Waals surface area contributed by atoms with E-state index in [-0.39, 0.29) is 0 Å². The first-order valence-electron chi connectivity index (χ1n) is 6.09. The van der Waals surface area contributed by atoms with Gasteiger partial charge in [0.05, 0.1) is 6.33 Å². The monoisotopic (exact) mass is 267 g/mol. The fraction of sp³-hybridized carbons (Fsp3) is 0.0714. The number of imidazole rings is 1. The molecule has 3 rings (SSSR count). The number of H-pyrrole nitrogens is 1. The topological polar surface area (TPSA) is 89.7 Å². The van der Waals surface area contributed by atoms with Crippen molar-refractivity contribution in [2.45, 2.75) is 6.42 Å². The van der Waals surface area contributed by atoms with Gasteiger partial charge in [-0.05, 0) is 24.6 Å². The maximum atomic E-state index is 5.86. The lowest BCUT2D eigenvalue weighted by Gasteiger charge is -2.10. The second-order valence-electron chi connectivity index (χ2n) is 4.24. The van der Waals surface area contributed by atoms with Crippen molar-refractivity contribution in [3.63, 3.8) is 0 Å². The summed E-state index contributed by atoms with van der Waals surface area (Å²) in [5.41, 5.74) is 8.65. The zero-order valence-corrected chi connectivity index (χ0v) is 10.7. The van der Waals surface area contributed by atoms with Crippen molar-refractivity contribution < 1.29 is 4.74 Å². The van der Waals surface area contributed by atoms with E-state index in [1.54, 1.807) is 18.5 Å². The summed E-state index contributed by atoms with van der Waals surface area (Å²) >= 11 is 0. The number of nitrogens with one attached hydrogen (secondary N) is 1.